The van der Waals surface area contributed by atoms with Crippen LogP contribution in [0.2, 0.25) is 0 Å². The van der Waals surface area contributed by atoms with Gasteiger partial charge in [0.05, 0.1) is 5.70 Å². The first-order chi connectivity index (χ1) is 7.84. The van der Waals surface area contributed by atoms with Crippen molar-refractivity contribution in [3.05, 3.63) is 35.8 Å². The number of aromatic nitrogens is 1. The molecule has 0 aromatic carbocycles. The predicted molar refractivity (Wildman–Crippen MR) is 61.5 cm³/mol. The maximum atomic E-state index is 12.1. The molecule has 0 radical (unpaired) electrons. The number of ketones is 1. The van der Waals surface area contributed by atoms with Crippen molar-refractivity contribution in [2.24, 2.45) is 5.92 Å². The number of hydrogen-bond acceptors (Lipinski definition) is 3. The molecule has 82 valence electrons. The van der Waals surface area contributed by atoms with E-state index in [1.165, 1.54) is 0 Å². The van der Waals surface area contributed by atoms with Gasteiger partial charge in [-0.1, -0.05) is 0 Å². The Morgan fingerprint density at radius 2 is 1.94 bits per heavy atom. The highest BCUT2D eigenvalue weighted by Crippen LogP contribution is 2.32. The molecule has 0 saturated carbocycles. The zero-order chi connectivity index (χ0) is 11.0. The van der Waals surface area contributed by atoms with Crippen LogP contribution in [0.5, 0.6) is 0 Å². The van der Waals surface area contributed by atoms with Gasteiger partial charge in [-0.15, -0.1) is 0 Å². The Morgan fingerprint density at radius 3 is 2.56 bits per heavy atom. The van der Waals surface area contributed by atoms with E-state index in [4.69, 9.17) is 0 Å². The molecule has 0 unspecified atom stereocenters. The van der Waals surface area contributed by atoms with Crippen LogP contribution in [0.3, 0.4) is 0 Å². The van der Waals surface area contributed by atoms with Gasteiger partial charge in [0.1, 0.15) is 0 Å². The average molecular weight is 214 g/mol. The lowest BCUT2D eigenvalue weighted by Crippen LogP contribution is -2.45. The Labute approximate surface area is 94.8 Å². The van der Waals surface area contributed by atoms with Crippen molar-refractivity contribution in [2.75, 3.05) is 13.1 Å². The summed E-state index contributed by atoms with van der Waals surface area (Å²) in [5.41, 5.74) is 1.96. The number of rotatable bonds is 1. The molecule has 2 bridgehead atoms. The van der Waals surface area contributed by atoms with Crippen LogP contribution in [-0.2, 0) is 4.79 Å². The van der Waals surface area contributed by atoms with Gasteiger partial charge >= 0.3 is 0 Å². The van der Waals surface area contributed by atoms with E-state index >= 15 is 0 Å². The number of fused-ring (bicyclic) bond motifs is 3. The molecule has 3 saturated heterocycles. The van der Waals surface area contributed by atoms with Gasteiger partial charge in [0.2, 0.25) is 0 Å². The summed E-state index contributed by atoms with van der Waals surface area (Å²) >= 11 is 0. The van der Waals surface area contributed by atoms with E-state index in [9.17, 15) is 4.79 Å². The molecule has 3 aliphatic heterocycles. The molecule has 16 heavy (non-hydrogen) atoms. The summed E-state index contributed by atoms with van der Waals surface area (Å²) in [6.45, 7) is 2.07. The van der Waals surface area contributed by atoms with Gasteiger partial charge in [0.15, 0.2) is 5.78 Å². The number of allylic oxidation sites excluding steroid dienone is 1. The van der Waals surface area contributed by atoms with E-state index in [0.29, 0.717) is 5.78 Å². The topological polar surface area (TPSA) is 33.2 Å². The lowest BCUT2D eigenvalue weighted by Gasteiger charge is -2.41. The van der Waals surface area contributed by atoms with E-state index in [2.05, 4.69) is 9.88 Å². The SMILES string of the molecule is O=C1C(=Cc2ccncc2)N2CCC1CC2. The summed E-state index contributed by atoms with van der Waals surface area (Å²) < 4.78 is 0. The summed E-state index contributed by atoms with van der Waals surface area (Å²) in [5.74, 6) is 0.604. The lowest BCUT2D eigenvalue weighted by molar-refractivity contribution is -0.125. The van der Waals surface area contributed by atoms with Gasteiger partial charge in [-0.3, -0.25) is 9.78 Å². The molecule has 0 amide bonds. The Kier molecular flexibility index (Phi) is 2.24. The van der Waals surface area contributed by atoms with Gasteiger partial charge in [0.25, 0.3) is 0 Å². The first-order valence-corrected chi connectivity index (χ1v) is 5.75. The highest BCUT2D eigenvalue weighted by molar-refractivity contribution is 6.01. The second kappa shape index (κ2) is 3.74. The molecule has 3 fully saturated rings. The smallest absolute Gasteiger partial charge is 0.182 e. The zero-order valence-electron chi connectivity index (χ0n) is 9.10. The minimum atomic E-state index is 0.276. The Bertz CT molecular complexity index is 431. The van der Waals surface area contributed by atoms with E-state index < -0.39 is 0 Å². The van der Waals surface area contributed by atoms with Crippen molar-refractivity contribution < 1.29 is 4.79 Å². The van der Waals surface area contributed by atoms with Crippen LogP contribution in [0.15, 0.2) is 30.2 Å². The van der Waals surface area contributed by atoms with E-state index in [1.807, 2.05) is 18.2 Å². The standard InChI is InChI=1S/C13H14N2O/c16-13-11-3-7-15(8-4-11)12(13)9-10-1-5-14-6-2-10/h1-2,5-6,9,11H,3-4,7-8H2. The number of piperidine rings is 3. The molecule has 3 aliphatic rings. The lowest BCUT2D eigenvalue weighted by atomic mass is 9.84. The van der Waals surface area contributed by atoms with Crippen LogP contribution >= 0.6 is 0 Å². The second-order valence-electron chi connectivity index (χ2n) is 4.44. The molecule has 1 aromatic heterocycles. The van der Waals surface area contributed by atoms with Gasteiger partial charge in [-0.25, -0.2) is 0 Å². The van der Waals surface area contributed by atoms with Crippen molar-refractivity contribution in [3.8, 4) is 0 Å². The third kappa shape index (κ3) is 1.52. The largest absolute Gasteiger partial charge is 0.369 e. The van der Waals surface area contributed by atoms with E-state index in [-0.39, 0.29) is 5.92 Å². The fourth-order valence-corrected chi connectivity index (χ4v) is 2.53. The average Bonchev–Trinajstić information content (AvgIpc) is 2.36. The number of nitrogens with zero attached hydrogens (tertiary/aromatic N) is 2. The van der Waals surface area contributed by atoms with Gasteiger partial charge in [-0.05, 0) is 36.6 Å². The summed E-state index contributed by atoms with van der Waals surface area (Å²) in [7, 11) is 0. The number of carbonyl (C=O) groups excluding carboxylic acids is 1. The summed E-state index contributed by atoms with van der Waals surface area (Å²) in [4.78, 5) is 18.3. The van der Waals surface area contributed by atoms with Crippen molar-refractivity contribution in [2.45, 2.75) is 12.8 Å². The number of carbonyl (C=O) groups is 1. The normalized spacial score (nSPS) is 23.1. The molecule has 1 aromatic rings. The van der Waals surface area contributed by atoms with Gasteiger partial charge < -0.3 is 4.90 Å². The second-order valence-corrected chi connectivity index (χ2v) is 4.44. The summed E-state index contributed by atoms with van der Waals surface area (Å²) in [6.07, 6.45) is 7.58. The molecule has 0 aliphatic carbocycles. The van der Waals surface area contributed by atoms with Crippen molar-refractivity contribution in [1.82, 2.24) is 9.88 Å². The highest BCUT2D eigenvalue weighted by Gasteiger charge is 2.36. The molecule has 3 heteroatoms. The molecule has 0 N–H and O–H groups in total. The number of pyridine rings is 1. The van der Waals surface area contributed by atoms with Crippen LogP contribution in [0, 0.1) is 5.92 Å². The monoisotopic (exact) mass is 214 g/mol. The Morgan fingerprint density at radius 1 is 1.25 bits per heavy atom. The highest BCUT2D eigenvalue weighted by atomic mass is 16.1. The van der Waals surface area contributed by atoms with Gasteiger partial charge in [-0.2, -0.15) is 0 Å². The quantitative estimate of drug-likeness (QED) is 0.667. The summed E-state index contributed by atoms with van der Waals surface area (Å²) in [5, 5.41) is 0. The number of Topliss-reactive ketones (excluding diaryl/α,β-unsaturated/α-hetero) is 1. The van der Waals surface area contributed by atoms with Crippen LogP contribution in [0.4, 0.5) is 0 Å². The zero-order valence-corrected chi connectivity index (χ0v) is 9.10. The predicted octanol–water partition coefficient (Wildman–Crippen LogP) is 1.72. The Hall–Kier alpha value is -1.64. The molecule has 3 nitrogen and oxygen atoms in total. The molecule has 0 spiro atoms. The summed E-state index contributed by atoms with van der Waals surface area (Å²) in [6, 6.07) is 3.87. The fourth-order valence-electron chi connectivity index (χ4n) is 2.53. The fraction of sp³-hybridized carbons (Fsp3) is 0.385. The molecule has 4 rings (SSSR count). The van der Waals surface area contributed by atoms with Crippen molar-refractivity contribution in [3.63, 3.8) is 0 Å². The van der Waals surface area contributed by atoms with Gasteiger partial charge in [0, 0.05) is 31.4 Å². The van der Waals surface area contributed by atoms with E-state index in [0.717, 1.165) is 37.2 Å². The number of hydrogen-bond donors (Lipinski definition) is 0. The molecule has 4 heterocycles. The first-order valence-electron chi connectivity index (χ1n) is 5.75. The maximum absolute atomic E-state index is 12.1. The molecule has 0 atom stereocenters. The maximum Gasteiger partial charge on any atom is 0.182 e. The van der Waals surface area contributed by atoms with Crippen LogP contribution in [0.25, 0.3) is 6.08 Å². The van der Waals surface area contributed by atoms with E-state index in [1.54, 1.807) is 12.4 Å². The van der Waals surface area contributed by atoms with Crippen molar-refractivity contribution >= 4 is 11.9 Å². The Balaban J connectivity index is 1.95. The molecular weight excluding hydrogens is 200 g/mol. The third-order valence-electron chi connectivity index (χ3n) is 3.47. The molecular formula is C13H14N2O. The third-order valence-corrected chi connectivity index (χ3v) is 3.47. The first kappa shape index (κ1) is 9.58. The minimum Gasteiger partial charge on any atom is -0.369 e. The minimum absolute atomic E-state index is 0.276. The van der Waals surface area contributed by atoms with Crippen LogP contribution in [0.1, 0.15) is 18.4 Å². The van der Waals surface area contributed by atoms with Crippen molar-refractivity contribution in [1.29, 1.82) is 0 Å². The van der Waals surface area contributed by atoms with Crippen LogP contribution in [-0.4, -0.2) is 28.8 Å². The van der Waals surface area contributed by atoms with Crippen LogP contribution < -0.4 is 0 Å².